The molecule has 3 heterocycles. The number of ether oxygens (including phenoxy) is 1. The van der Waals surface area contributed by atoms with Crippen LogP contribution < -0.4 is 5.73 Å². The van der Waals surface area contributed by atoms with E-state index in [2.05, 4.69) is 34.6 Å². The maximum Gasteiger partial charge on any atom is 0.320 e. The van der Waals surface area contributed by atoms with Crippen molar-refractivity contribution in [3.05, 3.63) is 54.7 Å². The van der Waals surface area contributed by atoms with Gasteiger partial charge in [-0.2, -0.15) is 0 Å². The first kappa shape index (κ1) is 35.5. The Hall–Kier alpha value is -3.71. The number of carboxylic acid groups (broad SMARTS) is 2. The molecule has 3 aromatic rings. The van der Waals surface area contributed by atoms with Crippen LogP contribution in [0.3, 0.4) is 0 Å². The predicted octanol–water partition coefficient (Wildman–Crippen LogP) is 2.25. The van der Waals surface area contributed by atoms with Gasteiger partial charge in [0.1, 0.15) is 6.04 Å². The number of aromatic nitrogens is 6. The topological polar surface area (TPSA) is 213 Å². The highest BCUT2D eigenvalue weighted by Gasteiger charge is 2.14. The molecular weight excluding hydrogens is 506 g/mol. The van der Waals surface area contributed by atoms with E-state index >= 15 is 0 Å². The third-order valence-electron chi connectivity index (χ3n) is 4.50. The number of carbonyl (C=O) groups excluding carboxylic acids is 1. The molecule has 208 valence electrons. The normalized spacial score (nSPS) is 11.8. The number of rotatable bonds is 9. The van der Waals surface area contributed by atoms with Crippen LogP contribution >= 0.6 is 12.4 Å². The molecule has 0 fully saturated rings. The summed E-state index contributed by atoms with van der Waals surface area (Å²) >= 11 is 0. The lowest BCUT2D eigenvalue weighted by Crippen LogP contribution is -2.32. The fourth-order valence-corrected chi connectivity index (χ4v) is 2.54. The van der Waals surface area contributed by atoms with Crippen LogP contribution in [-0.2, 0) is 38.4 Å². The van der Waals surface area contributed by atoms with Gasteiger partial charge in [0, 0.05) is 54.9 Å². The van der Waals surface area contributed by atoms with Crippen LogP contribution in [0.25, 0.3) is 0 Å². The molecule has 0 aliphatic heterocycles. The highest BCUT2D eigenvalue weighted by molar-refractivity contribution is 5.85. The predicted molar refractivity (Wildman–Crippen MR) is 139 cm³/mol. The zero-order valence-electron chi connectivity index (χ0n) is 21.7. The second-order valence-corrected chi connectivity index (χ2v) is 7.45. The van der Waals surface area contributed by atoms with Gasteiger partial charge in [-0.15, -0.1) is 12.4 Å². The van der Waals surface area contributed by atoms with Gasteiger partial charge in [0.2, 0.25) is 0 Å². The summed E-state index contributed by atoms with van der Waals surface area (Å²) in [4.78, 5) is 51.6. The van der Waals surface area contributed by atoms with E-state index in [0.717, 1.165) is 17.1 Å². The highest BCUT2D eigenvalue weighted by Crippen LogP contribution is 2.06. The standard InChI is InChI=1S/C8H12N2O2.C7H10N2O2.C6H9N3O2.C2H6.ClH/c1-6(8(11)12-2)3-7-4-9-5-10-7;1-5(7(10)11)2-6-3-8-4-9-6;7-5(6(10)11)1-4-2-8-3-9-4;1-2;/h4-6H,3H2,1-2H3,(H,9,10);3-5H,2H2,1H3,(H,8,9)(H,10,11);2-3,5H,1,7H2,(H,8,9)(H,10,11);1-2H3;1H/t6-;2*5-;;/m000../s1. The second kappa shape index (κ2) is 20.5. The van der Waals surface area contributed by atoms with E-state index < -0.39 is 18.0 Å². The summed E-state index contributed by atoms with van der Waals surface area (Å²) in [5.74, 6) is -2.44. The van der Waals surface area contributed by atoms with Crippen molar-refractivity contribution in [1.82, 2.24) is 29.9 Å². The molecule has 13 nitrogen and oxygen atoms in total. The Labute approximate surface area is 222 Å². The average molecular weight is 544 g/mol. The van der Waals surface area contributed by atoms with Gasteiger partial charge in [-0.3, -0.25) is 14.4 Å². The lowest BCUT2D eigenvalue weighted by Gasteiger charge is -2.06. The van der Waals surface area contributed by atoms with Gasteiger partial charge in [-0.1, -0.05) is 27.7 Å². The third kappa shape index (κ3) is 15.8. The van der Waals surface area contributed by atoms with E-state index in [-0.39, 0.29) is 36.6 Å². The number of imidazole rings is 3. The van der Waals surface area contributed by atoms with Crippen molar-refractivity contribution < 1.29 is 29.3 Å². The molecule has 0 saturated heterocycles. The number of hydrogen-bond donors (Lipinski definition) is 6. The van der Waals surface area contributed by atoms with Crippen molar-refractivity contribution in [2.45, 2.75) is 53.0 Å². The van der Waals surface area contributed by atoms with Crippen LogP contribution in [0.4, 0.5) is 0 Å². The number of H-pyrrole nitrogens is 3. The largest absolute Gasteiger partial charge is 0.481 e. The van der Waals surface area contributed by atoms with E-state index in [4.69, 9.17) is 15.9 Å². The number of nitrogens with zero attached hydrogens (tertiary/aromatic N) is 3. The van der Waals surface area contributed by atoms with Crippen molar-refractivity contribution in [2.24, 2.45) is 17.6 Å². The van der Waals surface area contributed by atoms with Crippen LogP contribution in [0.15, 0.2) is 37.6 Å². The molecule has 0 amide bonds. The van der Waals surface area contributed by atoms with Gasteiger partial charge < -0.3 is 35.6 Å². The smallest absolute Gasteiger partial charge is 0.320 e. The molecule has 0 aliphatic carbocycles. The molecule has 0 spiro atoms. The second-order valence-electron chi connectivity index (χ2n) is 7.45. The quantitative estimate of drug-likeness (QED) is 0.216. The monoisotopic (exact) mass is 543 g/mol. The Morgan fingerprint density at radius 2 is 1.19 bits per heavy atom. The minimum Gasteiger partial charge on any atom is -0.481 e. The van der Waals surface area contributed by atoms with Crippen molar-refractivity contribution in [3.63, 3.8) is 0 Å². The molecule has 0 aromatic carbocycles. The van der Waals surface area contributed by atoms with Crippen molar-refractivity contribution in [2.75, 3.05) is 7.11 Å². The average Bonchev–Trinajstić information content (AvgIpc) is 3.65. The van der Waals surface area contributed by atoms with Crippen LogP contribution in [0.1, 0.15) is 44.8 Å². The van der Waals surface area contributed by atoms with Crippen molar-refractivity contribution in [1.29, 1.82) is 0 Å². The van der Waals surface area contributed by atoms with Crippen molar-refractivity contribution >= 4 is 30.3 Å². The number of aromatic amines is 3. The first-order chi connectivity index (χ1) is 17.1. The summed E-state index contributed by atoms with van der Waals surface area (Å²) in [6.45, 7) is 7.50. The van der Waals surface area contributed by atoms with E-state index in [1.165, 1.54) is 13.4 Å². The van der Waals surface area contributed by atoms with Gasteiger partial charge in [0.15, 0.2) is 0 Å². The fraction of sp³-hybridized carbons (Fsp3) is 0.478. The van der Waals surface area contributed by atoms with Gasteiger partial charge >= 0.3 is 17.9 Å². The van der Waals surface area contributed by atoms with Crippen LogP contribution in [0, 0.1) is 11.8 Å². The minimum atomic E-state index is -1.00. The summed E-state index contributed by atoms with van der Waals surface area (Å²) in [7, 11) is 1.39. The molecular formula is C23H38ClN7O6. The van der Waals surface area contributed by atoms with Crippen LogP contribution in [0.5, 0.6) is 0 Å². The number of halogens is 1. The first-order valence-electron chi connectivity index (χ1n) is 11.3. The molecule has 3 atom stereocenters. The van der Waals surface area contributed by atoms with E-state index in [1.54, 1.807) is 38.2 Å². The van der Waals surface area contributed by atoms with E-state index in [9.17, 15) is 14.4 Å². The maximum absolute atomic E-state index is 11.0. The van der Waals surface area contributed by atoms with Crippen molar-refractivity contribution in [3.8, 4) is 0 Å². The number of hydrogen-bond acceptors (Lipinski definition) is 8. The Kier molecular flexibility index (Phi) is 19.6. The lowest BCUT2D eigenvalue weighted by molar-refractivity contribution is -0.145. The molecule has 3 aromatic heterocycles. The Bertz CT molecular complexity index is 914. The number of nitrogens with one attached hydrogen (secondary N) is 3. The fourth-order valence-electron chi connectivity index (χ4n) is 2.54. The van der Waals surface area contributed by atoms with Gasteiger partial charge in [-0.05, 0) is 0 Å². The first-order valence-corrected chi connectivity index (χ1v) is 11.3. The molecule has 37 heavy (non-hydrogen) atoms. The molecule has 0 unspecified atom stereocenters. The Balaban J connectivity index is 0. The van der Waals surface area contributed by atoms with E-state index in [0.29, 0.717) is 12.8 Å². The number of esters is 1. The third-order valence-corrected chi connectivity index (χ3v) is 4.50. The number of carboxylic acids is 2. The SMILES string of the molecule is CC.COC(=O)[C@@H](C)Cc1cnc[nH]1.C[C@@H](Cc1cnc[nH]1)C(=O)O.Cl.N[C@@H](Cc1cnc[nH]1)C(=O)O. The van der Waals surface area contributed by atoms with E-state index in [1.807, 2.05) is 20.8 Å². The summed E-state index contributed by atoms with van der Waals surface area (Å²) < 4.78 is 4.59. The zero-order chi connectivity index (χ0) is 27.5. The van der Waals surface area contributed by atoms with Crippen LogP contribution in [0.2, 0.25) is 0 Å². The number of methoxy groups -OCH3 is 1. The zero-order valence-corrected chi connectivity index (χ0v) is 22.5. The molecule has 14 heteroatoms. The summed E-state index contributed by atoms with van der Waals surface area (Å²) in [5.41, 5.74) is 7.81. The summed E-state index contributed by atoms with van der Waals surface area (Å²) in [6.07, 6.45) is 11.0. The number of aliphatic carboxylic acids is 2. The van der Waals surface area contributed by atoms with Gasteiger partial charge in [0.05, 0.1) is 37.9 Å². The maximum atomic E-state index is 11.0. The summed E-state index contributed by atoms with van der Waals surface area (Å²) in [5, 5.41) is 17.0. The number of carbonyl (C=O) groups is 3. The van der Waals surface area contributed by atoms with Gasteiger partial charge in [-0.25, -0.2) is 15.0 Å². The van der Waals surface area contributed by atoms with Gasteiger partial charge in [0.25, 0.3) is 0 Å². The Morgan fingerprint density at radius 1 is 0.811 bits per heavy atom. The molecule has 0 aliphatic rings. The minimum absolute atomic E-state index is 0. The Morgan fingerprint density at radius 3 is 1.49 bits per heavy atom. The molecule has 7 N–H and O–H groups in total. The molecule has 0 saturated carbocycles. The molecule has 3 rings (SSSR count). The lowest BCUT2D eigenvalue weighted by atomic mass is 10.1. The highest BCUT2D eigenvalue weighted by atomic mass is 35.5. The number of nitrogens with two attached hydrogens (primary N) is 1. The molecule has 0 radical (unpaired) electrons. The molecule has 0 bridgehead atoms. The summed E-state index contributed by atoms with van der Waals surface area (Å²) in [6, 6.07) is -0.851. The van der Waals surface area contributed by atoms with Crippen LogP contribution in [-0.4, -0.2) is 71.2 Å².